The summed E-state index contributed by atoms with van der Waals surface area (Å²) in [7, 11) is 1.58. The third-order valence-electron chi connectivity index (χ3n) is 2.77. The summed E-state index contributed by atoms with van der Waals surface area (Å²) < 4.78 is 16.4. The predicted molar refractivity (Wildman–Crippen MR) is 62.2 cm³/mol. The van der Waals surface area contributed by atoms with Crippen molar-refractivity contribution in [1.82, 2.24) is 0 Å². The van der Waals surface area contributed by atoms with Gasteiger partial charge in [-0.05, 0) is 12.1 Å². The highest BCUT2D eigenvalue weighted by atomic mass is 16.5. The Morgan fingerprint density at radius 1 is 1.35 bits per heavy atom. The molecular formula is C13H15NO3. The summed E-state index contributed by atoms with van der Waals surface area (Å²) in [5.74, 6) is 1.15. The molecule has 17 heavy (non-hydrogen) atoms. The van der Waals surface area contributed by atoms with E-state index in [1.165, 1.54) is 0 Å². The molecule has 0 bridgehead atoms. The number of ether oxygens (including phenoxy) is 3. The van der Waals surface area contributed by atoms with Gasteiger partial charge in [-0.2, -0.15) is 5.26 Å². The van der Waals surface area contributed by atoms with Crippen molar-refractivity contribution in [3.63, 3.8) is 0 Å². The maximum atomic E-state index is 9.06. The molecule has 0 amide bonds. The Morgan fingerprint density at radius 3 is 2.76 bits per heavy atom. The Kier molecular flexibility index (Phi) is 3.84. The Hall–Kier alpha value is -1.73. The molecule has 1 aromatic carbocycles. The molecule has 0 atom stereocenters. The van der Waals surface area contributed by atoms with Gasteiger partial charge in [0.1, 0.15) is 12.2 Å². The number of rotatable bonds is 3. The molecule has 1 aromatic rings. The summed E-state index contributed by atoms with van der Waals surface area (Å²) in [5, 5.41) is 9.06. The number of nitriles is 1. The lowest BCUT2D eigenvalue weighted by atomic mass is 10.1. The van der Waals surface area contributed by atoms with Crippen molar-refractivity contribution in [1.29, 1.82) is 5.26 Å². The molecule has 90 valence electrons. The van der Waals surface area contributed by atoms with Crippen LogP contribution < -0.4 is 9.47 Å². The quantitative estimate of drug-likeness (QED) is 0.802. The summed E-state index contributed by atoms with van der Waals surface area (Å²) in [4.78, 5) is 0. The third-order valence-corrected chi connectivity index (χ3v) is 2.77. The highest BCUT2D eigenvalue weighted by molar-refractivity contribution is 5.52. The molecule has 0 radical (unpaired) electrons. The summed E-state index contributed by atoms with van der Waals surface area (Å²) >= 11 is 0. The first-order valence-electron chi connectivity index (χ1n) is 5.66. The highest BCUT2D eigenvalue weighted by Gasteiger charge is 2.19. The number of nitrogens with zero attached hydrogens (tertiary/aromatic N) is 1. The average Bonchev–Trinajstić information content (AvgIpc) is 2.40. The van der Waals surface area contributed by atoms with E-state index in [4.69, 9.17) is 19.5 Å². The normalized spacial score (nSPS) is 16.2. The topological polar surface area (TPSA) is 51.5 Å². The standard InChI is InChI=1S/C13H15NO3/c1-15-12-4-2-3-10(9-14)13(12)17-11-5-7-16-8-6-11/h2-4,11H,5-8H2,1H3. The van der Waals surface area contributed by atoms with Crippen molar-refractivity contribution >= 4 is 0 Å². The first-order valence-corrected chi connectivity index (χ1v) is 5.66. The molecule has 0 unspecified atom stereocenters. The molecule has 2 rings (SSSR count). The molecule has 0 N–H and O–H groups in total. The van der Waals surface area contributed by atoms with E-state index in [1.807, 2.05) is 0 Å². The molecule has 0 spiro atoms. The van der Waals surface area contributed by atoms with Crippen LogP contribution in [0.1, 0.15) is 18.4 Å². The number of methoxy groups -OCH3 is 1. The fourth-order valence-electron chi connectivity index (χ4n) is 1.85. The predicted octanol–water partition coefficient (Wildman–Crippen LogP) is 2.12. The summed E-state index contributed by atoms with van der Waals surface area (Å²) in [6.07, 6.45) is 1.80. The smallest absolute Gasteiger partial charge is 0.179 e. The maximum Gasteiger partial charge on any atom is 0.179 e. The molecule has 4 nitrogen and oxygen atoms in total. The van der Waals surface area contributed by atoms with Gasteiger partial charge in [-0.25, -0.2) is 0 Å². The van der Waals surface area contributed by atoms with Crippen LogP contribution in [0, 0.1) is 11.3 Å². The van der Waals surface area contributed by atoms with Gasteiger partial charge in [-0.1, -0.05) is 6.07 Å². The summed E-state index contributed by atoms with van der Waals surface area (Å²) in [6.45, 7) is 1.42. The molecule has 0 aliphatic carbocycles. The second-order valence-electron chi connectivity index (χ2n) is 3.88. The lowest BCUT2D eigenvalue weighted by molar-refractivity contribution is 0.0244. The number of benzene rings is 1. The van der Waals surface area contributed by atoms with Gasteiger partial charge in [0.15, 0.2) is 11.5 Å². The third kappa shape index (κ3) is 2.69. The van der Waals surface area contributed by atoms with Crippen LogP contribution in [0.2, 0.25) is 0 Å². The monoisotopic (exact) mass is 233 g/mol. The lowest BCUT2D eigenvalue weighted by Gasteiger charge is -2.24. The van der Waals surface area contributed by atoms with Crippen LogP contribution in [-0.2, 0) is 4.74 Å². The van der Waals surface area contributed by atoms with Crippen molar-refractivity contribution in [3.05, 3.63) is 23.8 Å². The molecule has 1 aliphatic heterocycles. The SMILES string of the molecule is COc1cccc(C#N)c1OC1CCOCC1. The molecule has 0 saturated carbocycles. The summed E-state index contributed by atoms with van der Waals surface area (Å²) in [6, 6.07) is 7.44. The van der Waals surface area contributed by atoms with E-state index in [1.54, 1.807) is 25.3 Å². The van der Waals surface area contributed by atoms with E-state index in [-0.39, 0.29) is 6.10 Å². The molecular weight excluding hydrogens is 218 g/mol. The van der Waals surface area contributed by atoms with Gasteiger partial charge in [0.25, 0.3) is 0 Å². The van der Waals surface area contributed by atoms with E-state index in [0.29, 0.717) is 30.3 Å². The van der Waals surface area contributed by atoms with Crippen LogP contribution in [0.15, 0.2) is 18.2 Å². The maximum absolute atomic E-state index is 9.06. The van der Waals surface area contributed by atoms with E-state index >= 15 is 0 Å². The molecule has 1 aliphatic rings. The van der Waals surface area contributed by atoms with Crippen LogP contribution in [-0.4, -0.2) is 26.4 Å². The van der Waals surface area contributed by atoms with Crippen LogP contribution in [0.25, 0.3) is 0 Å². The minimum atomic E-state index is 0.104. The Morgan fingerprint density at radius 2 is 2.12 bits per heavy atom. The van der Waals surface area contributed by atoms with Gasteiger partial charge in [0.2, 0.25) is 0 Å². The Balaban J connectivity index is 2.20. The highest BCUT2D eigenvalue weighted by Crippen LogP contribution is 2.32. The van der Waals surface area contributed by atoms with Crippen LogP contribution in [0.4, 0.5) is 0 Å². The minimum absolute atomic E-state index is 0.104. The van der Waals surface area contributed by atoms with Crippen molar-refractivity contribution in [3.8, 4) is 17.6 Å². The van der Waals surface area contributed by atoms with Crippen LogP contribution in [0.3, 0.4) is 0 Å². The first kappa shape index (κ1) is 11.7. The molecule has 0 aromatic heterocycles. The molecule has 1 saturated heterocycles. The fourth-order valence-corrected chi connectivity index (χ4v) is 1.85. The average molecular weight is 233 g/mol. The van der Waals surface area contributed by atoms with Gasteiger partial charge in [0.05, 0.1) is 25.9 Å². The van der Waals surface area contributed by atoms with Crippen molar-refractivity contribution in [2.24, 2.45) is 0 Å². The number of hydrogen-bond donors (Lipinski definition) is 0. The van der Waals surface area contributed by atoms with Crippen molar-refractivity contribution < 1.29 is 14.2 Å². The van der Waals surface area contributed by atoms with Crippen LogP contribution >= 0.6 is 0 Å². The Labute approximate surface area is 101 Å². The zero-order valence-electron chi connectivity index (χ0n) is 9.81. The van der Waals surface area contributed by atoms with Gasteiger partial charge in [-0.15, -0.1) is 0 Å². The zero-order chi connectivity index (χ0) is 12.1. The largest absolute Gasteiger partial charge is 0.493 e. The molecule has 1 fully saturated rings. The first-order chi connectivity index (χ1) is 8.35. The van der Waals surface area contributed by atoms with Gasteiger partial charge >= 0.3 is 0 Å². The van der Waals surface area contributed by atoms with Crippen molar-refractivity contribution in [2.75, 3.05) is 20.3 Å². The fraction of sp³-hybridized carbons (Fsp3) is 0.462. The van der Waals surface area contributed by atoms with Gasteiger partial charge < -0.3 is 14.2 Å². The Bertz CT molecular complexity index is 419. The number of hydrogen-bond acceptors (Lipinski definition) is 4. The molecule has 1 heterocycles. The van der Waals surface area contributed by atoms with Crippen LogP contribution in [0.5, 0.6) is 11.5 Å². The summed E-state index contributed by atoms with van der Waals surface area (Å²) in [5.41, 5.74) is 0.510. The minimum Gasteiger partial charge on any atom is -0.493 e. The second kappa shape index (κ2) is 5.55. The van der Waals surface area contributed by atoms with E-state index in [2.05, 4.69) is 6.07 Å². The molecule has 4 heteroatoms. The van der Waals surface area contributed by atoms with E-state index in [9.17, 15) is 0 Å². The second-order valence-corrected chi connectivity index (χ2v) is 3.88. The van der Waals surface area contributed by atoms with Crippen molar-refractivity contribution in [2.45, 2.75) is 18.9 Å². The number of para-hydroxylation sites is 1. The van der Waals surface area contributed by atoms with Gasteiger partial charge in [-0.3, -0.25) is 0 Å². The van der Waals surface area contributed by atoms with E-state index < -0.39 is 0 Å². The van der Waals surface area contributed by atoms with Gasteiger partial charge in [0, 0.05) is 12.8 Å². The van der Waals surface area contributed by atoms with E-state index in [0.717, 1.165) is 12.8 Å². The lowest BCUT2D eigenvalue weighted by Crippen LogP contribution is -2.26. The zero-order valence-corrected chi connectivity index (χ0v) is 9.81.